The molecule has 0 heterocycles. The molecule has 0 saturated carbocycles. The summed E-state index contributed by atoms with van der Waals surface area (Å²) in [5, 5.41) is 9.56. The van der Waals surface area contributed by atoms with Gasteiger partial charge in [0, 0.05) is 0 Å². The van der Waals surface area contributed by atoms with Gasteiger partial charge in [0.25, 0.3) is 0 Å². The van der Waals surface area contributed by atoms with Crippen LogP contribution in [0.15, 0.2) is 12.1 Å². The molecule has 1 nitrogen and oxygen atoms in total. The van der Waals surface area contributed by atoms with Crippen LogP contribution in [0, 0.1) is 0 Å². The first-order valence-electron chi connectivity index (χ1n) is 2.45. The fraction of sp³-hybridized carbons (Fsp3) is 0. The first kappa shape index (κ1) is 11.5. The van der Waals surface area contributed by atoms with Crippen molar-refractivity contribution in [3.8, 4) is 5.75 Å². The van der Waals surface area contributed by atoms with Crippen LogP contribution in [0.5, 0.6) is 5.75 Å². The zero-order chi connectivity index (χ0) is 7.72. The quantitative estimate of drug-likeness (QED) is 0.562. The van der Waals surface area contributed by atoms with Gasteiger partial charge in [0.2, 0.25) is 0 Å². The topological polar surface area (TPSA) is 20.2 Å². The van der Waals surface area contributed by atoms with E-state index in [1.807, 2.05) is 0 Å². The van der Waals surface area contributed by atoms with E-state index in [1.165, 1.54) is 12.1 Å². The van der Waals surface area contributed by atoms with Crippen molar-refractivity contribution < 1.29 is 24.6 Å². The summed E-state index contributed by atoms with van der Waals surface area (Å²) >= 11 is 16.6. The molecule has 1 aromatic carbocycles. The normalized spacial score (nSPS) is 9.00. The maximum atomic E-state index is 8.95. The summed E-state index contributed by atoms with van der Waals surface area (Å²) in [5.74, 6) is -0.0592. The third-order valence-electron chi connectivity index (χ3n) is 1.01. The summed E-state index contributed by atoms with van der Waals surface area (Å²) in [7, 11) is 0. The zero-order valence-corrected chi connectivity index (χ0v) is 10.7. The van der Waals surface area contributed by atoms with Gasteiger partial charge in [-0.2, -0.15) is 0 Å². The second-order valence-corrected chi connectivity index (χ2v) is 2.86. The Kier molecular flexibility index (Phi) is 4.73. The average Bonchev–Trinajstić information content (AvgIpc) is 1.93. The standard InChI is InChI=1S/C6H3Cl3O.Zn/c7-3-1-2-4(10)6(9)5(3)8;/h1-2,10H;/q;+2. The van der Waals surface area contributed by atoms with E-state index in [2.05, 4.69) is 0 Å². The zero-order valence-electron chi connectivity index (χ0n) is 5.44. The van der Waals surface area contributed by atoms with Gasteiger partial charge in [-0.1, -0.05) is 34.8 Å². The number of hydrogen-bond donors (Lipinski definition) is 1. The van der Waals surface area contributed by atoms with Crippen LogP contribution in [0.25, 0.3) is 0 Å². The van der Waals surface area contributed by atoms with Crippen molar-refractivity contribution >= 4 is 34.8 Å². The fourth-order valence-corrected chi connectivity index (χ4v) is 1.05. The number of benzene rings is 1. The average molecular weight is 263 g/mol. The Balaban J connectivity index is 0.000001000. The molecule has 0 atom stereocenters. The summed E-state index contributed by atoms with van der Waals surface area (Å²) in [6.45, 7) is 0. The van der Waals surface area contributed by atoms with E-state index in [0.717, 1.165) is 0 Å². The first-order valence-corrected chi connectivity index (χ1v) is 3.59. The summed E-state index contributed by atoms with van der Waals surface area (Å²) in [5.41, 5.74) is 0. The van der Waals surface area contributed by atoms with E-state index in [1.54, 1.807) is 0 Å². The number of halogens is 3. The van der Waals surface area contributed by atoms with Crippen molar-refractivity contribution in [2.75, 3.05) is 0 Å². The summed E-state index contributed by atoms with van der Waals surface area (Å²) in [4.78, 5) is 0. The third-order valence-corrected chi connectivity index (χ3v) is 2.30. The largest absolute Gasteiger partial charge is 2.00 e. The van der Waals surface area contributed by atoms with E-state index in [4.69, 9.17) is 39.9 Å². The van der Waals surface area contributed by atoms with Crippen LogP contribution in [0.1, 0.15) is 0 Å². The molecule has 0 bridgehead atoms. The van der Waals surface area contributed by atoms with Gasteiger partial charge in [-0.05, 0) is 12.1 Å². The molecule has 0 aliphatic rings. The molecule has 0 aliphatic carbocycles. The molecule has 0 fully saturated rings. The fourth-order valence-electron chi connectivity index (χ4n) is 0.516. The number of phenolic OH excluding ortho intramolecular Hbond substituents is 1. The molecule has 1 aromatic rings. The number of hydrogen-bond acceptors (Lipinski definition) is 1. The van der Waals surface area contributed by atoms with Gasteiger partial charge in [0.15, 0.2) is 0 Å². The molecule has 0 aliphatic heterocycles. The molecule has 5 heteroatoms. The number of phenols is 1. The second kappa shape index (κ2) is 4.52. The Morgan fingerprint density at radius 3 is 2.00 bits per heavy atom. The molecule has 11 heavy (non-hydrogen) atoms. The van der Waals surface area contributed by atoms with Crippen LogP contribution in [0.2, 0.25) is 15.1 Å². The van der Waals surface area contributed by atoms with Gasteiger partial charge in [0.1, 0.15) is 10.8 Å². The van der Waals surface area contributed by atoms with Crippen LogP contribution in [-0.2, 0) is 19.5 Å². The van der Waals surface area contributed by atoms with Crippen molar-refractivity contribution in [2.45, 2.75) is 0 Å². The van der Waals surface area contributed by atoms with E-state index in [9.17, 15) is 0 Å². The second-order valence-electron chi connectivity index (χ2n) is 1.69. The Bertz CT molecular complexity index is 237. The Morgan fingerprint density at radius 1 is 1.00 bits per heavy atom. The maximum absolute atomic E-state index is 8.95. The van der Waals surface area contributed by atoms with Crippen LogP contribution in [0.3, 0.4) is 0 Å². The monoisotopic (exact) mass is 260 g/mol. The van der Waals surface area contributed by atoms with Gasteiger partial charge in [-0.25, -0.2) is 0 Å². The van der Waals surface area contributed by atoms with E-state index in [0.29, 0.717) is 5.02 Å². The minimum absolute atomic E-state index is 0. The molecule has 0 spiro atoms. The molecule has 1 rings (SSSR count). The molecule has 0 amide bonds. The Hall–Kier alpha value is 0.513. The van der Waals surface area contributed by atoms with E-state index >= 15 is 0 Å². The minimum Gasteiger partial charge on any atom is -0.506 e. The number of aromatic hydroxyl groups is 1. The molecule has 0 aromatic heterocycles. The summed E-state index contributed by atoms with van der Waals surface area (Å²) in [6, 6.07) is 2.86. The Labute approximate surface area is 92.0 Å². The maximum Gasteiger partial charge on any atom is 2.00 e. The van der Waals surface area contributed by atoms with Crippen molar-refractivity contribution in [2.24, 2.45) is 0 Å². The van der Waals surface area contributed by atoms with E-state index < -0.39 is 0 Å². The van der Waals surface area contributed by atoms with Crippen LogP contribution in [-0.4, -0.2) is 5.11 Å². The molecular formula is C6H3Cl3OZn+2. The molecule has 0 saturated heterocycles. The van der Waals surface area contributed by atoms with Crippen LogP contribution >= 0.6 is 34.8 Å². The van der Waals surface area contributed by atoms with Gasteiger partial charge in [0.05, 0.1) is 10.0 Å². The van der Waals surface area contributed by atoms with Crippen LogP contribution in [0.4, 0.5) is 0 Å². The molecular weight excluding hydrogens is 260 g/mol. The minimum atomic E-state index is -0.0592. The smallest absolute Gasteiger partial charge is 0.506 e. The van der Waals surface area contributed by atoms with Crippen molar-refractivity contribution in [1.29, 1.82) is 0 Å². The first-order chi connectivity index (χ1) is 4.63. The van der Waals surface area contributed by atoms with Gasteiger partial charge in [-0.3, -0.25) is 0 Å². The van der Waals surface area contributed by atoms with Crippen molar-refractivity contribution in [3.05, 3.63) is 27.2 Å². The molecule has 0 radical (unpaired) electrons. The van der Waals surface area contributed by atoms with Crippen LogP contribution < -0.4 is 0 Å². The van der Waals surface area contributed by atoms with E-state index in [-0.39, 0.29) is 35.3 Å². The predicted octanol–water partition coefficient (Wildman–Crippen LogP) is 3.35. The third kappa shape index (κ3) is 2.48. The molecule has 1 N–H and O–H groups in total. The SMILES string of the molecule is Oc1ccc(Cl)c(Cl)c1Cl.[Zn+2]. The van der Waals surface area contributed by atoms with Gasteiger partial charge < -0.3 is 5.11 Å². The Morgan fingerprint density at radius 2 is 1.55 bits per heavy atom. The molecule has 0 unspecified atom stereocenters. The predicted molar refractivity (Wildman–Crippen MR) is 43.1 cm³/mol. The molecule has 54 valence electrons. The van der Waals surface area contributed by atoms with Crippen molar-refractivity contribution in [3.63, 3.8) is 0 Å². The number of rotatable bonds is 0. The summed E-state index contributed by atoms with van der Waals surface area (Å²) < 4.78 is 0. The van der Waals surface area contributed by atoms with Gasteiger partial charge in [-0.15, -0.1) is 0 Å². The van der Waals surface area contributed by atoms with Gasteiger partial charge >= 0.3 is 19.5 Å². The summed E-state index contributed by atoms with van der Waals surface area (Å²) in [6.07, 6.45) is 0. The van der Waals surface area contributed by atoms with Crippen molar-refractivity contribution in [1.82, 2.24) is 0 Å².